The summed E-state index contributed by atoms with van der Waals surface area (Å²) in [6, 6.07) is 6.32. The molecule has 0 amide bonds. The first kappa shape index (κ1) is 25.1. The van der Waals surface area contributed by atoms with Gasteiger partial charge in [-0.3, -0.25) is 4.52 Å². The molecule has 4 atom stereocenters. The summed E-state index contributed by atoms with van der Waals surface area (Å²) >= 11 is 0. The van der Waals surface area contributed by atoms with Gasteiger partial charge in [0, 0.05) is 6.54 Å². The third-order valence-corrected chi connectivity index (χ3v) is 5.53. The fourth-order valence-electron chi connectivity index (χ4n) is 3.24. The number of aromatic nitrogens is 4. The Balaban J connectivity index is 0.000000196. The van der Waals surface area contributed by atoms with Gasteiger partial charge in [0.2, 0.25) is 0 Å². The molecule has 3 heterocycles. The second kappa shape index (κ2) is 10.6. The SMILES string of the molecule is Cc1cccc(C)c1CNc1ncnc2nc[nH]c12.O=P(O)(O)OC[C@H]1OC(O)[C@H](O)[C@@H]1O. The Morgan fingerprint density at radius 2 is 1.82 bits per heavy atom. The molecule has 0 radical (unpaired) electrons. The Hall–Kier alpha value is -2.48. The van der Waals surface area contributed by atoms with Gasteiger partial charge >= 0.3 is 7.82 Å². The summed E-state index contributed by atoms with van der Waals surface area (Å²) in [5.74, 6) is 0.783. The van der Waals surface area contributed by atoms with Crippen molar-refractivity contribution in [2.24, 2.45) is 0 Å². The number of anilines is 1. The van der Waals surface area contributed by atoms with E-state index in [2.05, 4.69) is 66.6 Å². The quantitative estimate of drug-likeness (QED) is 0.234. The molecule has 180 valence electrons. The molecule has 33 heavy (non-hydrogen) atoms. The second-order valence-corrected chi connectivity index (χ2v) is 8.62. The molecule has 3 aromatic rings. The highest BCUT2D eigenvalue weighted by Gasteiger charge is 2.42. The smallest absolute Gasteiger partial charge is 0.387 e. The fraction of sp³-hybridized carbons (Fsp3) is 0.421. The number of phosphoric ester groups is 1. The minimum Gasteiger partial charge on any atom is -0.387 e. The van der Waals surface area contributed by atoms with Crippen molar-refractivity contribution in [2.45, 2.75) is 45.0 Å². The molecule has 0 aliphatic carbocycles. The summed E-state index contributed by atoms with van der Waals surface area (Å²) in [6.45, 7) is 4.37. The first-order valence-electron chi connectivity index (χ1n) is 9.89. The number of nitrogens with one attached hydrogen (secondary N) is 2. The summed E-state index contributed by atoms with van der Waals surface area (Å²) in [6.07, 6.45) is -2.51. The summed E-state index contributed by atoms with van der Waals surface area (Å²) < 4.78 is 18.9. The molecular weight excluding hydrogens is 457 g/mol. The van der Waals surface area contributed by atoms with Gasteiger partial charge in [0.1, 0.15) is 30.2 Å². The lowest BCUT2D eigenvalue weighted by molar-refractivity contribution is -0.132. The van der Waals surface area contributed by atoms with Gasteiger partial charge in [-0.15, -0.1) is 0 Å². The van der Waals surface area contributed by atoms with Gasteiger partial charge in [-0.2, -0.15) is 0 Å². The summed E-state index contributed by atoms with van der Waals surface area (Å²) in [4.78, 5) is 32.2. The number of rotatable bonds is 6. The summed E-state index contributed by atoms with van der Waals surface area (Å²) in [7, 11) is -4.64. The zero-order valence-corrected chi connectivity index (χ0v) is 18.8. The Labute approximate surface area is 188 Å². The van der Waals surface area contributed by atoms with Crippen molar-refractivity contribution in [3.05, 3.63) is 47.5 Å². The predicted octanol–water partition coefficient (Wildman–Crippen LogP) is 0.117. The number of H-pyrrole nitrogens is 1. The number of phosphoric acid groups is 1. The van der Waals surface area contributed by atoms with E-state index in [0.717, 1.165) is 17.9 Å². The van der Waals surface area contributed by atoms with Crippen LogP contribution in [-0.2, 0) is 20.4 Å². The van der Waals surface area contributed by atoms with Crippen LogP contribution in [0.3, 0.4) is 0 Å². The van der Waals surface area contributed by atoms with Crippen LogP contribution in [0.25, 0.3) is 11.2 Å². The third-order valence-electron chi connectivity index (χ3n) is 5.04. The highest BCUT2D eigenvalue weighted by Crippen LogP contribution is 2.37. The number of benzene rings is 1. The second-order valence-electron chi connectivity index (χ2n) is 7.38. The van der Waals surface area contributed by atoms with Crippen molar-refractivity contribution in [1.29, 1.82) is 0 Å². The molecule has 2 aromatic heterocycles. The van der Waals surface area contributed by atoms with E-state index in [1.165, 1.54) is 23.0 Å². The summed E-state index contributed by atoms with van der Waals surface area (Å²) in [5, 5.41) is 30.4. The lowest BCUT2D eigenvalue weighted by Crippen LogP contribution is -2.34. The molecule has 7 N–H and O–H groups in total. The van der Waals surface area contributed by atoms with Crippen molar-refractivity contribution >= 4 is 24.8 Å². The topological polar surface area (TPSA) is 203 Å². The first-order valence-corrected chi connectivity index (χ1v) is 11.4. The highest BCUT2D eigenvalue weighted by atomic mass is 31.2. The van der Waals surface area contributed by atoms with Gasteiger partial charge in [0.05, 0.1) is 12.9 Å². The van der Waals surface area contributed by atoms with Crippen molar-refractivity contribution < 1.29 is 38.9 Å². The minimum atomic E-state index is -4.64. The van der Waals surface area contributed by atoms with Crippen LogP contribution >= 0.6 is 7.82 Å². The minimum absolute atomic E-state index is 0.612. The number of aryl methyl sites for hydroxylation is 2. The van der Waals surface area contributed by atoms with Crippen molar-refractivity contribution in [3.8, 4) is 0 Å². The van der Waals surface area contributed by atoms with Crippen LogP contribution in [0.5, 0.6) is 0 Å². The van der Waals surface area contributed by atoms with Crippen molar-refractivity contribution in [1.82, 2.24) is 19.9 Å². The molecule has 0 spiro atoms. The Morgan fingerprint density at radius 3 is 2.42 bits per heavy atom. The van der Waals surface area contributed by atoms with E-state index in [1.54, 1.807) is 6.33 Å². The molecule has 0 saturated carbocycles. The third kappa shape index (κ3) is 6.53. The average Bonchev–Trinajstić information content (AvgIpc) is 3.33. The van der Waals surface area contributed by atoms with Gasteiger partial charge in [0.25, 0.3) is 0 Å². The number of nitrogens with zero attached hydrogens (tertiary/aromatic N) is 3. The fourth-order valence-corrected chi connectivity index (χ4v) is 3.58. The number of aliphatic hydroxyl groups is 3. The van der Waals surface area contributed by atoms with Crippen molar-refractivity contribution in [2.75, 3.05) is 11.9 Å². The van der Waals surface area contributed by atoms with E-state index >= 15 is 0 Å². The number of hydrogen-bond donors (Lipinski definition) is 7. The van der Waals surface area contributed by atoms with Gasteiger partial charge < -0.3 is 40.1 Å². The van der Waals surface area contributed by atoms with E-state index in [4.69, 9.17) is 25.1 Å². The van der Waals surface area contributed by atoms with Crippen LogP contribution < -0.4 is 5.32 Å². The molecule has 1 aliphatic rings. The van der Waals surface area contributed by atoms with E-state index in [-0.39, 0.29) is 0 Å². The molecule has 4 rings (SSSR count). The van der Waals surface area contributed by atoms with Gasteiger partial charge in [-0.1, -0.05) is 18.2 Å². The van der Waals surface area contributed by atoms with Crippen LogP contribution in [-0.4, -0.2) is 76.3 Å². The van der Waals surface area contributed by atoms with Crippen LogP contribution in [0.2, 0.25) is 0 Å². The van der Waals surface area contributed by atoms with E-state index in [1.807, 2.05) is 0 Å². The largest absolute Gasteiger partial charge is 0.469 e. The Kier molecular flexibility index (Phi) is 8.10. The lowest BCUT2D eigenvalue weighted by atomic mass is 10.0. The Morgan fingerprint density at radius 1 is 1.12 bits per heavy atom. The van der Waals surface area contributed by atoms with E-state index in [9.17, 15) is 4.57 Å². The molecular formula is C19H26N5O8P. The molecule has 1 unspecified atom stereocenters. The van der Waals surface area contributed by atoms with Crippen LogP contribution in [0.1, 0.15) is 16.7 Å². The maximum atomic E-state index is 10.3. The number of ether oxygens (including phenoxy) is 1. The number of hydrogen-bond acceptors (Lipinski definition) is 10. The molecule has 1 aliphatic heterocycles. The summed E-state index contributed by atoms with van der Waals surface area (Å²) in [5.41, 5.74) is 5.38. The predicted molar refractivity (Wildman–Crippen MR) is 116 cm³/mol. The molecule has 1 saturated heterocycles. The number of aromatic amines is 1. The monoisotopic (exact) mass is 483 g/mol. The lowest BCUT2D eigenvalue weighted by Gasteiger charge is -2.14. The van der Waals surface area contributed by atoms with Crippen LogP contribution in [0.4, 0.5) is 5.82 Å². The normalized spacial score (nSPS) is 22.8. The van der Waals surface area contributed by atoms with E-state index < -0.39 is 39.0 Å². The van der Waals surface area contributed by atoms with E-state index in [0.29, 0.717) is 5.65 Å². The first-order chi connectivity index (χ1) is 15.6. The van der Waals surface area contributed by atoms with Gasteiger partial charge in [0.15, 0.2) is 17.8 Å². The standard InChI is InChI=1S/C14H15N5.C5H11O8P/c1-9-4-3-5-10(2)11(9)6-15-13-12-14(17-7-16-12)19-8-18-13;6-3-2(1-12-14(9,10)11)13-5(8)4(3)7/h3-5,7-8H,6H2,1-2H3,(H2,15,16,17,18,19);2-8H,1H2,(H2,9,10,11)/t;2-,3-,4-,5?/m.1/s1. The zero-order chi connectivity index (χ0) is 24.2. The highest BCUT2D eigenvalue weighted by molar-refractivity contribution is 7.46. The Bertz CT molecular complexity index is 1100. The molecule has 14 heteroatoms. The number of imidazole rings is 1. The molecule has 1 fully saturated rings. The van der Waals surface area contributed by atoms with Gasteiger partial charge in [-0.05, 0) is 30.5 Å². The molecule has 0 bridgehead atoms. The number of aliphatic hydroxyl groups excluding tert-OH is 3. The van der Waals surface area contributed by atoms with Crippen molar-refractivity contribution in [3.63, 3.8) is 0 Å². The molecule has 1 aromatic carbocycles. The van der Waals surface area contributed by atoms with Crippen LogP contribution in [0, 0.1) is 13.8 Å². The molecule has 13 nitrogen and oxygen atoms in total. The maximum Gasteiger partial charge on any atom is 0.469 e. The van der Waals surface area contributed by atoms with Gasteiger partial charge in [-0.25, -0.2) is 19.5 Å². The maximum absolute atomic E-state index is 10.3. The zero-order valence-electron chi connectivity index (χ0n) is 17.9. The van der Waals surface area contributed by atoms with Crippen LogP contribution in [0.15, 0.2) is 30.9 Å². The number of fused-ring (bicyclic) bond motifs is 1. The average molecular weight is 483 g/mol.